The maximum atomic E-state index is 11.6. The molecule has 0 unspecified atom stereocenters. The Hall–Kier alpha value is -2.30. The summed E-state index contributed by atoms with van der Waals surface area (Å²) in [6.07, 6.45) is 1.98. The average molecular weight is 292 g/mol. The first-order valence-electron chi connectivity index (χ1n) is 6.69. The summed E-state index contributed by atoms with van der Waals surface area (Å²) in [5, 5.41) is 0. The molecule has 0 amide bonds. The highest BCUT2D eigenvalue weighted by molar-refractivity contribution is 5.92. The molecule has 0 aromatic heterocycles. The molecule has 0 atom stereocenters. The molecule has 0 bridgehead atoms. The number of hydrogen-bond acceptors (Lipinski definition) is 5. The van der Waals surface area contributed by atoms with Gasteiger partial charge in [-0.15, -0.1) is 0 Å². The van der Waals surface area contributed by atoms with Crippen molar-refractivity contribution in [3.05, 3.63) is 35.9 Å². The zero-order valence-electron chi connectivity index (χ0n) is 12.5. The smallest absolute Gasteiger partial charge is 0.331 e. The standard InChI is InChI=1S/C16H20O5/c1-4-21-16(18)11-13(8-9-15(17)20-3)12-6-5-7-14(10-12)19-2/h5-7,10-11H,4,8-9H2,1-3H3/b13-11+. The van der Waals surface area contributed by atoms with Crippen LogP contribution in [0.15, 0.2) is 30.3 Å². The van der Waals surface area contributed by atoms with Gasteiger partial charge in [-0.05, 0) is 36.6 Å². The van der Waals surface area contributed by atoms with Crippen LogP contribution in [0.3, 0.4) is 0 Å². The third-order valence-corrected chi connectivity index (χ3v) is 2.85. The molecule has 0 fully saturated rings. The van der Waals surface area contributed by atoms with Crippen molar-refractivity contribution in [1.29, 1.82) is 0 Å². The Kier molecular flexibility index (Phi) is 7.01. The molecule has 5 nitrogen and oxygen atoms in total. The van der Waals surface area contributed by atoms with Gasteiger partial charge in [-0.1, -0.05) is 12.1 Å². The first-order chi connectivity index (χ1) is 10.1. The van der Waals surface area contributed by atoms with E-state index in [4.69, 9.17) is 9.47 Å². The van der Waals surface area contributed by atoms with E-state index >= 15 is 0 Å². The third kappa shape index (κ3) is 5.69. The predicted octanol–water partition coefficient (Wildman–Crippen LogP) is 2.59. The highest BCUT2D eigenvalue weighted by Gasteiger charge is 2.10. The van der Waals surface area contributed by atoms with Gasteiger partial charge in [-0.25, -0.2) is 4.79 Å². The van der Waals surface area contributed by atoms with Crippen LogP contribution in [0.2, 0.25) is 0 Å². The molecule has 0 saturated carbocycles. The van der Waals surface area contributed by atoms with Crippen LogP contribution < -0.4 is 4.74 Å². The van der Waals surface area contributed by atoms with Gasteiger partial charge >= 0.3 is 11.9 Å². The number of hydrogen-bond donors (Lipinski definition) is 0. The molecule has 5 heteroatoms. The zero-order chi connectivity index (χ0) is 15.7. The molecule has 21 heavy (non-hydrogen) atoms. The van der Waals surface area contributed by atoms with E-state index in [0.29, 0.717) is 24.4 Å². The van der Waals surface area contributed by atoms with Crippen molar-refractivity contribution >= 4 is 17.5 Å². The third-order valence-electron chi connectivity index (χ3n) is 2.85. The van der Waals surface area contributed by atoms with Gasteiger partial charge in [0.25, 0.3) is 0 Å². The molecule has 0 saturated heterocycles. The molecule has 114 valence electrons. The first kappa shape index (κ1) is 16.8. The van der Waals surface area contributed by atoms with Crippen molar-refractivity contribution in [2.75, 3.05) is 20.8 Å². The lowest BCUT2D eigenvalue weighted by molar-refractivity contribution is -0.140. The van der Waals surface area contributed by atoms with Gasteiger partial charge in [0, 0.05) is 12.5 Å². The number of benzene rings is 1. The van der Waals surface area contributed by atoms with Crippen LogP contribution in [0.25, 0.3) is 5.57 Å². The van der Waals surface area contributed by atoms with E-state index in [1.807, 2.05) is 24.3 Å². The Labute approximate surface area is 124 Å². The lowest BCUT2D eigenvalue weighted by Gasteiger charge is -2.09. The summed E-state index contributed by atoms with van der Waals surface area (Å²) >= 11 is 0. The summed E-state index contributed by atoms with van der Waals surface area (Å²) in [5.41, 5.74) is 1.52. The second kappa shape index (κ2) is 8.79. The largest absolute Gasteiger partial charge is 0.497 e. The van der Waals surface area contributed by atoms with Crippen LogP contribution in [-0.4, -0.2) is 32.8 Å². The van der Waals surface area contributed by atoms with Crippen molar-refractivity contribution in [3.63, 3.8) is 0 Å². The Morgan fingerprint density at radius 2 is 1.95 bits per heavy atom. The SMILES string of the molecule is CCOC(=O)/C=C(\CCC(=O)OC)c1cccc(OC)c1. The van der Waals surface area contributed by atoms with E-state index in [9.17, 15) is 9.59 Å². The van der Waals surface area contributed by atoms with Gasteiger partial charge in [0.05, 0.1) is 20.8 Å². The fraction of sp³-hybridized carbons (Fsp3) is 0.375. The molecule has 1 aromatic rings. The van der Waals surface area contributed by atoms with Gasteiger partial charge in [0.1, 0.15) is 5.75 Å². The predicted molar refractivity (Wildman–Crippen MR) is 78.9 cm³/mol. The summed E-state index contributed by atoms with van der Waals surface area (Å²) in [6.45, 7) is 2.04. The lowest BCUT2D eigenvalue weighted by atomic mass is 10.0. The van der Waals surface area contributed by atoms with E-state index in [2.05, 4.69) is 4.74 Å². The van der Waals surface area contributed by atoms with Crippen LogP contribution in [0, 0.1) is 0 Å². The number of rotatable bonds is 7. The number of carbonyl (C=O) groups is 2. The van der Waals surface area contributed by atoms with Gasteiger partial charge < -0.3 is 14.2 Å². The Morgan fingerprint density at radius 1 is 1.19 bits per heavy atom. The minimum absolute atomic E-state index is 0.193. The Bertz CT molecular complexity index is 519. The monoisotopic (exact) mass is 292 g/mol. The molecule has 0 radical (unpaired) electrons. The molecule has 0 N–H and O–H groups in total. The normalized spacial score (nSPS) is 10.9. The van der Waals surface area contributed by atoms with Gasteiger partial charge in [-0.2, -0.15) is 0 Å². The lowest BCUT2D eigenvalue weighted by Crippen LogP contribution is -2.04. The molecule has 1 aromatic carbocycles. The second-order valence-electron chi connectivity index (χ2n) is 4.23. The topological polar surface area (TPSA) is 61.8 Å². The number of methoxy groups -OCH3 is 2. The minimum atomic E-state index is -0.430. The number of carbonyl (C=O) groups excluding carboxylic acids is 2. The van der Waals surface area contributed by atoms with E-state index in [1.54, 1.807) is 14.0 Å². The average Bonchev–Trinajstić information content (AvgIpc) is 2.51. The Morgan fingerprint density at radius 3 is 2.57 bits per heavy atom. The molecular formula is C16H20O5. The van der Waals surface area contributed by atoms with Crippen LogP contribution in [-0.2, 0) is 19.1 Å². The molecule has 0 aliphatic rings. The molecule has 0 aliphatic heterocycles. The van der Waals surface area contributed by atoms with Crippen molar-refractivity contribution in [3.8, 4) is 5.75 Å². The minimum Gasteiger partial charge on any atom is -0.497 e. The van der Waals surface area contributed by atoms with Crippen LogP contribution in [0.4, 0.5) is 0 Å². The van der Waals surface area contributed by atoms with Crippen molar-refractivity contribution < 1.29 is 23.8 Å². The van der Waals surface area contributed by atoms with Crippen molar-refractivity contribution in [2.24, 2.45) is 0 Å². The highest BCUT2D eigenvalue weighted by atomic mass is 16.5. The van der Waals surface area contributed by atoms with Gasteiger partial charge in [0.15, 0.2) is 0 Å². The second-order valence-corrected chi connectivity index (χ2v) is 4.23. The van der Waals surface area contributed by atoms with E-state index in [0.717, 1.165) is 5.56 Å². The Balaban J connectivity index is 2.99. The summed E-state index contributed by atoms with van der Waals surface area (Å²) < 4.78 is 14.7. The first-order valence-corrected chi connectivity index (χ1v) is 6.69. The summed E-state index contributed by atoms with van der Waals surface area (Å²) in [6, 6.07) is 7.30. The quantitative estimate of drug-likeness (QED) is 0.571. The fourth-order valence-corrected chi connectivity index (χ4v) is 1.79. The molecule has 0 spiro atoms. The maximum Gasteiger partial charge on any atom is 0.331 e. The molecule has 0 heterocycles. The highest BCUT2D eigenvalue weighted by Crippen LogP contribution is 2.24. The summed E-state index contributed by atoms with van der Waals surface area (Å²) in [4.78, 5) is 22.9. The van der Waals surface area contributed by atoms with Crippen LogP contribution in [0.1, 0.15) is 25.3 Å². The van der Waals surface area contributed by atoms with E-state index in [1.165, 1.54) is 13.2 Å². The maximum absolute atomic E-state index is 11.6. The molecule has 0 aliphatic carbocycles. The van der Waals surface area contributed by atoms with Crippen LogP contribution >= 0.6 is 0 Å². The molecule has 1 rings (SSSR count). The van der Waals surface area contributed by atoms with E-state index in [-0.39, 0.29) is 12.4 Å². The van der Waals surface area contributed by atoms with E-state index < -0.39 is 5.97 Å². The number of esters is 2. The zero-order valence-corrected chi connectivity index (χ0v) is 12.5. The number of allylic oxidation sites excluding steroid dienone is 1. The van der Waals surface area contributed by atoms with Crippen molar-refractivity contribution in [1.82, 2.24) is 0 Å². The summed E-state index contributed by atoms with van der Waals surface area (Å²) in [7, 11) is 2.91. The summed E-state index contributed by atoms with van der Waals surface area (Å²) in [5.74, 6) is -0.0758. The van der Waals surface area contributed by atoms with Gasteiger partial charge in [0.2, 0.25) is 0 Å². The van der Waals surface area contributed by atoms with Crippen molar-refractivity contribution in [2.45, 2.75) is 19.8 Å². The van der Waals surface area contributed by atoms with Gasteiger partial charge in [-0.3, -0.25) is 4.79 Å². The fourth-order valence-electron chi connectivity index (χ4n) is 1.79. The number of ether oxygens (including phenoxy) is 3. The molecular weight excluding hydrogens is 272 g/mol. The van der Waals surface area contributed by atoms with Crippen LogP contribution in [0.5, 0.6) is 5.75 Å².